The SMILES string of the molecule is CCNC(=NCc1ccc(C(=O)NC)cc1)NCCOC1CCCCCC1. The number of hydrogen-bond donors (Lipinski definition) is 3. The molecule has 6 heteroatoms. The highest BCUT2D eigenvalue weighted by atomic mass is 16.5. The highest BCUT2D eigenvalue weighted by Gasteiger charge is 2.12. The van der Waals surface area contributed by atoms with Crippen LogP contribution in [0.15, 0.2) is 29.3 Å². The first kappa shape index (κ1) is 21.2. The van der Waals surface area contributed by atoms with Gasteiger partial charge < -0.3 is 20.7 Å². The first-order chi connectivity index (χ1) is 13.2. The van der Waals surface area contributed by atoms with E-state index in [1.807, 2.05) is 24.3 Å². The Kier molecular flexibility index (Phi) is 9.69. The first-order valence-electron chi connectivity index (χ1n) is 10.2. The number of benzene rings is 1. The van der Waals surface area contributed by atoms with Gasteiger partial charge in [-0.3, -0.25) is 4.79 Å². The van der Waals surface area contributed by atoms with Crippen molar-refractivity contribution in [3.05, 3.63) is 35.4 Å². The lowest BCUT2D eigenvalue weighted by molar-refractivity contribution is 0.0468. The molecule has 0 radical (unpaired) electrons. The summed E-state index contributed by atoms with van der Waals surface area (Å²) < 4.78 is 6.02. The standard InChI is InChI=1S/C21H34N4O2/c1-3-23-21(24-14-15-27-19-8-6-4-5-7-9-19)25-16-17-10-12-18(13-11-17)20(26)22-2/h10-13,19H,3-9,14-16H2,1-2H3,(H,22,26)(H2,23,24,25). The van der Waals surface area contributed by atoms with E-state index < -0.39 is 0 Å². The molecule has 1 aliphatic carbocycles. The molecule has 1 aromatic carbocycles. The number of rotatable bonds is 8. The van der Waals surface area contributed by atoms with Gasteiger partial charge in [0.05, 0.1) is 19.3 Å². The Hall–Kier alpha value is -2.08. The summed E-state index contributed by atoms with van der Waals surface area (Å²) in [6, 6.07) is 7.52. The minimum absolute atomic E-state index is 0.0753. The molecule has 0 aliphatic heterocycles. The highest BCUT2D eigenvalue weighted by Crippen LogP contribution is 2.19. The van der Waals surface area contributed by atoms with Gasteiger partial charge in [0.2, 0.25) is 0 Å². The molecule has 1 aromatic rings. The topological polar surface area (TPSA) is 74.8 Å². The molecule has 0 aromatic heterocycles. The van der Waals surface area contributed by atoms with Gasteiger partial charge in [0.25, 0.3) is 5.91 Å². The molecule has 1 saturated carbocycles. The fraction of sp³-hybridized carbons (Fsp3) is 0.619. The Bertz CT molecular complexity index is 578. The van der Waals surface area contributed by atoms with E-state index in [-0.39, 0.29) is 5.91 Å². The Morgan fingerprint density at radius 2 is 1.81 bits per heavy atom. The Labute approximate surface area is 163 Å². The van der Waals surface area contributed by atoms with Crippen molar-refractivity contribution >= 4 is 11.9 Å². The molecule has 0 saturated heterocycles. The van der Waals surface area contributed by atoms with Crippen LogP contribution >= 0.6 is 0 Å². The number of aliphatic imine (C=N–C) groups is 1. The van der Waals surface area contributed by atoms with Crippen LogP contribution in [0.2, 0.25) is 0 Å². The number of carbonyl (C=O) groups is 1. The van der Waals surface area contributed by atoms with Gasteiger partial charge in [0.1, 0.15) is 0 Å². The summed E-state index contributed by atoms with van der Waals surface area (Å²) in [6.07, 6.45) is 8.09. The molecule has 2 rings (SSSR count). The summed E-state index contributed by atoms with van der Waals surface area (Å²) >= 11 is 0. The Morgan fingerprint density at radius 1 is 1.11 bits per heavy atom. The van der Waals surface area contributed by atoms with Crippen molar-refractivity contribution in [2.75, 3.05) is 26.7 Å². The van der Waals surface area contributed by atoms with E-state index in [1.54, 1.807) is 7.05 Å². The molecule has 1 fully saturated rings. The van der Waals surface area contributed by atoms with Gasteiger partial charge in [-0.1, -0.05) is 37.8 Å². The monoisotopic (exact) mass is 374 g/mol. The van der Waals surface area contributed by atoms with E-state index >= 15 is 0 Å². The van der Waals surface area contributed by atoms with Gasteiger partial charge in [0.15, 0.2) is 5.96 Å². The zero-order valence-corrected chi connectivity index (χ0v) is 16.7. The molecule has 6 nitrogen and oxygen atoms in total. The van der Waals surface area contributed by atoms with Crippen LogP contribution in [0.4, 0.5) is 0 Å². The van der Waals surface area contributed by atoms with E-state index in [2.05, 4.69) is 27.9 Å². The van der Waals surface area contributed by atoms with Crippen molar-refractivity contribution < 1.29 is 9.53 Å². The number of guanidine groups is 1. The molecule has 0 atom stereocenters. The van der Waals surface area contributed by atoms with Gasteiger partial charge in [-0.2, -0.15) is 0 Å². The fourth-order valence-electron chi connectivity index (χ4n) is 3.22. The van der Waals surface area contributed by atoms with Gasteiger partial charge in [-0.05, 0) is 37.5 Å². The maximum Gasteiger partial charge on any atom is 0.251 e. The summed E-state index contributed by atoms with van der Waals surface area (Å²) in [6.45, 7) is 4.88. The van der Waals surface area contributed by atoms with Crippen molar-refractivity contribution in [2.45, 2.75) is 58.1 Å². The quantitative estimate of drug-likeness (QED) is 0.283. The van der Waals surface area contributed by atoms with Crippen molar-refractivity contribution in [2.24, 2.45) is 4.99 Å². The third-order valence-corrected chi connectivity index (χ3v) is 4.76. The largest absolute Gasteiger partial charge is 0.376 e. The summed E-state index contributed by atoms with van der Waals surface area (Å²) in [5.74, 6) is 0.714. The zero-order valence-electron chi connectivity index (χ0n) is 16.7. The van der Waals surface area contributed by atoms with Crippen LogP contribution in [0.25, 0.3) is 0 Å². The number of nitrogens with zero attached hydrogens (tertiary/aromatic N) is 1. The lowest BCUT2D eigenvalue weighted by Gasteiger charge is -2.16. The molecular formula is C21H34N4O2. The first-order valence-corrected chi connectivity index (χ1v) is 10.2. The summed E-state index contributed by atoms with van der Waals surface area (Å²) in [5.41, 5.74) is 1.72. The van der Waals surface area contributed by atoms with Crippen LogP contribution < -0.4 is 16.0 Å². The molecule has 1 amide bonds. The van der Waals surface area contributed by atoms with E-state index in [1.165, 1.54) is 38.5 Å². The molecule has 1 aliphatic rings. The molecule has 150 valence electrons. The van der Waals surface area contributed by atoms with E-state index in [4.69, 9.17) is 4.74 Å². The van der Waals surface area contributed by atoms with Crippen LogP contribution in [0.1, 0.15) is 61.4 Å². The summed E-state index contributed by atoms with van der Waals surface area (Å²) in [4.78, 5) is 16.2. The number of carbonyl (C=O) groups excluding carboxylic acids is 1. The second kappa shape index (κ2) is 12.3. The number of hydrogen-bond acceptors (Lipinski definition) is 3. The minimum atomic E-state index is -0.0753. The predicted octanol–water partition coefficient (Wildman–Crippen LogP) is 2.84. The number of ether oxygens (including phenoxy) is 1. The van der Waals surface area contributed by atoms with Crippen LogP contribution in [-0.2, 0) is 11.3 Å². The normalized spacial score (nSPS) is 15.9. The van der Waals surface area contributed by atoms with Crippen LogP contribution in [0, 0.1) is 0 Å². The highest BCUT2D eigenvalue weighted by molar-refractivity contribution is 5.93. The third-order valence-electron chi connectivity index (χ3n) is 4.76. The fourth-order valence-corrected chi connectivity index (χ4v) is 3.22. The molecule has 27 heavy (non-hydrogen) atoms. The lowest BCUT2D eigenvalue weighted by Crippen LogP contribution is -2.39. The van der Waals surface area contributed by atoms with E-state index in [0.717, 1.165) is 24.6 Å². The van der Waals surface area contributed by atoms with Crippen molar-refractivity contribution in [1.29, 1.82) is 0 Å². The van der Waals surface area contributed by atoms with Gasteiger partial charge in [-0.25, -0.2) is 4.99 Å². The second-order valence-electron chi connectivity index (χ2n) is 6.88. The van der Waals surface area contributed by atoms with Gasteiger partial charge in [-0.15, -0.1) is 0 Å². The smallest absolute Gasteiger partial charge is 0.251 e. The Morgan fingerprint density at radius 3 is 2.44 bits per heavy atom. The van der Waals surface area contributed by atoms with Crippen LogP contribution in [-0.4, -0.2) is 44.7 Å². The average molecular weight is 375 g/mol. The molecule has 0 unspecified atom stereocenters. The number of amides is 1. The predicted molar refractivity (Wildman–Crippen MR) is 110 cm³/mol. The van der Waals surface area contributed by atoms with Gasteiger partial charge >= 0.3 is 0 Å². The summed E-state index contributed by atoms with van der Waals surface area (Å²) in [5, 5.41) is 9.22. The molecule has 3 N–H and O–H groups in total. The maximum atomic E-state index is 11.6. The molecule has 0 heterocycles. The minimum Gasteiger partial charge on any atom is -0.376 e. The van der Waals surface area contributed by atoms with Crippen molar-refractivity contribution in [1.82, 2.24) is 16.0 Å². The van der Waals surface area contributed by atoms with E-state index in [0.29, 0.717) is 24.8 Å². The third kappa shape index (κ3) is 7.99. The van der Waals surface area contributed by atoms with E-state index in [9.17, 15) is 4.79 Å². The Balaban J connectivity index is 1.76. The zero-order chi connectivity index (χ0) is 19.3. The number of nitrogens with one attached hydrogen (secondary N) is 3. The van der Waals surface area contributed by atoms with Gasteiger partial charge in [0, 0.05) is 25.7 Å². The van der Waals surface area contributed by atoms with Crippen molar-refractivity contribution in [3.63, 3.8) is 0 Å². The van der Waals surface area contributed by atoms with Crippen LogP contribution in [0.5, 0.6) is 0 Å². The molecule has 0 bridgehead atoms. The molecular weight excluding hydrogens is 340 g/mol. The molecule has 0 spiro atoms. The summed E-state index contributed by atoms with van der Waals surface area (Å²) in [7, 11) is 1.63. The average Bonchev–Trinajstić information content (AvgIpc) is 2.98. The maximum absolute atomic E-state index is 11.6. The lowest BCUT2D eigenvalue weighted by atomic mass is 10.1. The van der Waals surface area contributed by atoms with Crippen LogP contribution in [0.3, 0.4) is 0 Å². The van der Waals surface area contributed by atoms with Crippen molar-refractivity contribution in [3.8, 4) is 0 Å². The second-order valence-corrected chi connectivity index (χ2v) is 6.88.